The van der Waals surface area contributed by atoms with E-state index in [9.17, 15) is 14.4 Å². The summed E-state index contributed by atoms with van der Waals surface area (Å²) < 4.78 is 0. The van der Waals surface area contributed by atoms with Crippen LogP contribution in [0.2, 0.25) is 0 Å². The largest absolute Gasteiger partial charge is 0.326 e. The van der Waals surface area contributed by atoms with Crippen molar-refractivity contribution < 1.29 is 4.79 Å². The van der Waals surface area contributed by atoms with Crippen molar-refractivity contribution >= 4 is 11.6 Å². The molecule has 4 N–H and O–H groups in total. The summed E-state index contributed by atoms with van der Waals surface area (Å²) in [4.78, 5) is 40.0. The van der Waals surface area contributed by atoms with Crippen molar-refractivity contribution in [1.29, 1.82) is 0 Å². The first-order valence-corrected chi connectivity index (χ1v) is 4.88. The van der Waals surface area contributed by atoms with Gasteiger partial charge in [0.1, 0.15) is 5.69 Å². The summed E-state index contributed by atoms with van der Waals surface area (Å²) in [7, 11) is 0. The average molecular weight is 224 g/mol. The molecule has 0 aromatic carbocycles. The van der Waals surface area contributed by atoms with Crippen molar-refractivity contribution in [2.45, 2.75) is 19.4 Å². The highest BCUT2D eigenvalue weighted by atomic mass is 16.2. The number of aryl methyl sites for hydroxylation is 1. The molecule has 86 valence electrons. The number of nitrogens with one attached hydrogen (secondary N) is 2. The number of carbonyl (C=O) groups excluding carboxylic acids is 1. The van der Waals surface area contributed by atoms with Crippen LogP contribution in [0.3, 0.4) is 0 Å². The lowest BCUT2D eigenvalue weighted by Gasteiger charge is -2.16. The highest BCUT2D eigenvalue weighted by Gasteiger charge is 2.30. The Morgan fingerprint density at radius 1 is 1.31 bits per heavy atom. The topological polar surface area (TPSA) is 112 Å². The van der Waals surface area contributed by atoms with E-state index in [0.29, 0.717) is 12.2 Å². The van der Waals surface area contributed by atoms with Crippen LogP contribution in [0.1, 0.15) is 12.1 Å². The number of hydrogen-bond acceptors (Lipinski definition) is 4. The van der Waals surface area contributed by atoms with E-state index in [0.717, 1.165) is 0 Å². The lowest BCUT2D eigenvalue weighted by Crippen LogP contribution is -2.36. The second-order valence-corrected chi connectivity index (χ2v) is 3.85. The average Bonchev–Trinajstić information content (AvgIpc) is 2.43. The molecule has 1 amide bonds. The number of carbonyl (C=O) groups is 1. The third-order valence-electron chi connectivity index (χ3n) is 2.52. The summed E-state index contributed by atoms with van der Waals surface area (Å²) >= 11 is 0. The number of nitrogens with zero attached hydrogens (tertiary/aromatic N) is 1. The van der Waals surface area contributed by atoms with Crippen LogP contribution in [0.4, 0.5) is 5.69 Å². The van der Waals surface area contributed by atoms with Gasteiger partial charge in [-0.05, 0) is 6.92 Å². The standard InChI is InChI=1S/C9H12N4O3/c1-4-7(8(15)12-9(16)11-4)13-3-5(10)2-6(13)14/h5H,2-3,10H2,1H3,(H2,11,12,15,16). The van der Waals surface area contributed by atoms with Crippen LogP contribution < -0.4 is 21.9 Å². The van der Waals surface area contributed by atoms with Gasteiger partial charge in [-0.25, -0.2) is 4.79 Å². The normalized spacial score (nSPS) is 20.5. The second kappa shape index (κ2) is 3.60. The predicted octanol–water partition coefficient (Wildman–Crippen LogP) is -1.56. The Morgan fingerprint density at radius 2 is 2.00 bits per heavy atom. The van der Waals surface area contributed by atoms with Gasteiger partial charge in [-0.15, -0.1) is 0 Å². The number of rotatable bonds is 1. The molecular weight excluding hydrogens is 212 g/mol. The summed E-state index contributed by atoms with van der Waals surface area (Å²) in [6.07, 6.45) is 0.220. The van der Waals surface area contributed by atoms with Crippen molar-refractivity contribution in [2.75, 3.05) is 11.4 Å². The van der Waals surface area contributed by atoms with Crippen molar-refractivity contribution in [3.8, 4) is 0 Å². The number of anilines is 1. The first kappa shape index (κ1) is 10.6. The molecule has 0 spiro atoms. The van der Waals surface area contributed by atoms with E-state index < -0.39 is 11.2 Å². The molecule has 1 atom stereocenters. The van der Waals surface area contributed by atoms with Crippen LogP contribution >= 0.6 is 0 Å². The van der Waals surface area contributed by atoms with Gasteiger partial charge in [0.2, 0.25) is 5.91 Å². The van der Waals surface area contributed by atoms with Crippen LogP contribution in [0.15, 0.2) is 9.59 Å². The van der Waals surface area contributed by atoms with Gasteiger partial charge in [0.15, 0.2) is 0 Å². The Kier molecular flexibility index (Phi) is 2.39. The maximum absolute atomic E-state index is 11.6. The van der Waals surface area contributed by atoms with E-state index in [-0.39, 0.29) is 24.1 Å². The van der Waals surface area contributed by atoms with Crippen molar-refractivity contribution in [3.05, 3.63) is 26.5 Å². The molecule has 1 fully saturated rings. The fourth-order valence-electron chi connectivity index (χ4n) is 1.87. The van der Waals surface area contributed by atoms with E-state index >= 15 is 0 Å². The number of aromatic nitrogens is 2. The molecule has 2 rings (SSSR count). The Balaban J connectivity index is 2.53. The smallest absolute Gasteiger partial charge is 0.326 e. The minimum absolute atomic E-state index is 0.178. The van der Waals surface area contributed by atoms with E-state index in [1.807, 2.05) is 0 Å². The maximum atomic E-state index is 11.6. The first-order valence-electron chi connectivity index (χ1n) is 4.88. The summed E-state index contributed by atoms with van der Waals surface area (Å²) in [6.45, 7) is 1.87. The second-order valence-electron chi connectivity index (χ2n) is 3.85. The molecule has 1 saturated heterocycles. The zero-order valence-corrected chi connectivity index (χ0v) is 8.74. The fourth-order valence-corrected chi connectivity index (χ4v) is 1.87. The summed E-state index contributed by atoms with van der Waals surface area (Å²) in [6, 6.07) is -0.266. The van der Waals surface area contributed by atoms with Crippen molar-refractivity contribution in [1.82, 2.24) is 9.97 Å². The highest BCUT2D eigenvalue weighted by Crippen LogP contribution is 2.18. The molecule has 1 aliphatic heterocycles. The molecule has 7 nitrogen and oxygen atoms in total. The molecule has 0 aliphatic carbocycles. The molecule has 7 heteroatoms. The SMILES string of the molecule is Cc1[nH]c(=O)[nH]c(=O)c1N1CC(N)CC1=O. The summed E-state index contributed by atoms with van der Waals surface area (Å²) in [5.41, 5.74) is 5.04. The third kappa shape index (κ3) is 1.65. The first-order chi connectivity index (χ1) is 7.49. The predicted molar refractivity (Wildman–Crippen MR) is 57.4 cm³/mol. The number of aromatic amines is 2. The van der Waals surface area contributed by atoms with Crippen LogP contribution in [0.25, 0.3) is 0 Å². The summed E-state index contributed by atoms with van der Waals surface area (Å²) in [5, 5.41) is 0. The minimum Gasteiger partial charge on any atom is -0.326 e. The van der Waals surface area contributed by atoms with E-state index in [2.05, 4.69) is 9.97 Å². The van der Waals surface area contributed by atoms with E-state index in [1.165, 1.54) is 4.90 Å². The third-order valence-corrected chi connectivity index (χ3v) is 2.52. The van der Waals surface area contributed by atoms with Gasteiger partial charge in [-0.2, -0.15) is 0 Å². The molecule has 0 radical (unpaired) electrons. The van der Waals surface area contributed by atoms with E-state index in [1.54, 1.807) is 6.92 Å². The van der Waals surface area contributed by atoms with Gasteiger partial charge < -0.3 is 15.6 Å². The maximum Gasteiger partial charge on any atom is 0.326 e. The molecule has 0 bridgehead atoms. The van der Waals surface area contributed by atoms with Gasteiger partial charge in [0, 0.05) is 24.7 Å². The van der Waals surface area contributed by atoms with Gasteiger partial charge in [-0.3, -0.25) is 14.6 Å². The zero-order valence-electron chi connectivity index (χ0n) is 8.74. The van der Waals surface area contributed by atoms with Crippen LogP contribution in [0.5, 0.6) is 0 Å². The van der Waals surface area contributed by atoms with Crippen LogP contribution in [-0.2, 0) is 4.79 Å². The van der Waals surface area contributed by atoms with E-state index in [4.69, 9.17) is 5.73 Å². The quantitative estimate of drug-likeness (QED) is 0.535. The highest BCUT2D eigenvalue weighted by molar-refractivity contribution is 5.96. The minimum atomic E-state index is -0.581. The van der Waals surface area contributed by atoms with Crippen LogP contribution in [-0.4, -0.2) is 28.5 Å². The Hall–Kier alpha value is -1.89. The fraction of sp³-hybridized carbons (Fsp3) is 0.444. The molecule has 0 saturated carbocycles. The number of nitrogens with two attached hydrogens (primary N) is 1. The Morgan fingerprint density at radius 3 is 2.50 bits per heavy atom. The number of H-pyrrole nitrogens is 2. The molecule has 1 aliphatic rings. The van der Waals surface area contributed by atoms with Gasteiger partial charge in [0.25, 0.3) is 5.56 Å². The molecule has 1 aromatic rings. The summed E-state index contributed by atoms with van der Waals surface area (Å²) in [5.74, 6) is -0.201. The molecule has 1 unspecified atom stereocenters. The van der Waals surface area contributed by atoms with Crippen LogP contribution in [0, 0.1) is 6.92 Å². The molecular formula is C9H12N4O3. The Labute approximate surface area is 90.3 Å². The molecule has 1 aromatic heterocycles. The van der Waals surface area contributed by atoms with Crippen molar-refractivity contribution in [3.63, 3.8) is 0 Å². The van der Waals surface area contributed by atoms with Gasteiger partial charge in [-0.1, -0.05) is 0 Å². The lowest BCUT2D eigenvalue weighted by molar-refractivity contribution is -0.117. The van der Waals surface area contributed by atoms with Gasteiger partial charge >= 0.3 is 5.69 Å². The molecule has 16 heavy (non-hydrogen) atoms. The van der Waals surface area contributed by atoms with Crippen molar-refractivity contribution in [2.24, 2.45) is 5.73 Å². The number of amides is 1. The monoisotopic (exact) mass is 224 g/mol. The zero-order chi connectivity index (χ0) is 11.9. The lowest BCUT2D eigenvalue weighted by atomic mass is 10.3. The molecule has 2 heterocycles. The van der Waals surface area contributed by atoms with Gasteiger partial charge in [0.05, 0.1) is 0 Å². The Bertz CT molecular complexity index is 544. The number of hydrogen-bond donors (Lipinski definition) is 3.